The average Bonchev–Trinajstić information content (AvgIpc) is 2.64. The van der Waals surface area contributed by atoms with E-state index in [0.717, 1.165) is 0 Å². The van der Waals surface area contributed by atoms with Crippen LogP contribution in [-0.2, 0) is 0 Å². The van der Waals surface area contributed by atoms with E-state index in [9.17, 15) is 9.18 Å². The topological polar surface area (TPSA) is 105 Å². The number of hydrogen-bond donors (Lipinski definition) is 4. The van der Waals surface area contributed by atoms with Crippen molar-refractivity contribution >= 4 is 28.9 Å². The average molecular weight is 338 g/mol. The molecule has 7 nitrogen and oxygen atoms in total. The van der Waals surface area contributed by atoms with Crippen LogP contribution in [0.4, 0.5) is 27.4 Å². The molecule has 0 unspecified atom stereocenters. The summed E-state index contributed by atoms with van der Waals surface area (Å²) < 4.78 is 13.7. The summed E-state index contributed by atoms with van der Waals surface area (Å²) in [5.41, 5.74) is 12.0. The molecule has 1 aromatic heterocycles. The Labute approximate surface area is 143 Å². The van der Waals surface area contributed by atoms with Crippen molar-refractivity contribution in [2.45, 2.75) is 0 Å². The van der Waals surface area contributed by atoms with Crippen molar-refractivity contribution in [3.63, 3.8) is 0 Å². The first-order valence-corrected chi connectivity index (χ1v) is 7.38. The van der Waals surface area contributed by atoms with Gasteiger partial charge in [-0.05, 0) is 24.3 Å². The van der Waals surface area contributed by atoms with E-state index in [2.05, 4.69) is 26.1 Å². The Balaban J connectivity index is 1.73. The molecule has 0 saturated carbocycles. The number of halogens is 1. The van der Waals surface area contributed by atoms with E-state index >= 15 is 0 Å². The number of nitrogen functional groups attached to an aromatic ring is 1. The fraction of sp³-hybridized carbons (Fsp3) is 0. The Hall–Kier alpha value is -3.68. The third-order valence-corrected chi connectivity index (χ3v) is 3.34. The third kappa shape index (κ3) is 3.81. The van der Waals surface area contributed by atoms with Gasteiger partial charge in [0.15, 0.2) is 11.6 Å². The van der Waals surface area contributed by atoms with Crippen LogP contribution in [-0.4, -0.2) is 15.9 Å². The van der Waals surface area contributed by atoms with E-state index in [0.29, 0.717) is 5.56 Å². The molecule has 5 N–H and O–H groups in total. The lowest BCUT2D eigenvalue weighted by Gasteiger charge is -2.13. The zero-order chi connectivity index (χ0) is 17.6. The van der Waals surface area contributed by atoms with Gasteiger partial charge in [-0.2, -0.15) is 0 Å². The number of rotatable bonds is 5. The number of aromatic nitrogens is 2. The second kappa shape index (κ2) is 7.26. The molecule has 3 aromatic rings. The quantitative estimate of drug-likeness (QED) is 0.533. The summed E-state index contributed by atoms with van der Waals surface area (Å²) in [6.07, 6.45) is 1.25. The van der Waals surface area contributed by atoms with Crippen molar-refractivity contribution in [1.82, 2.24) is 15.4 Å². The molecule has 0 radical (unpaired) electrons. The number of amides is 1. The first-order chi connectivity index (χ1) is 12.1. The number of hydrazine groups is 1. The van der Waals surface area contributed by atoms with Crippen molar-refractivity contribution in [3.8, 4) is 0 Å². The van der Waals surface area contributed by atoms with E-state index in [1.54, 1.807) is 42.5 Å². The highest BCUT2D eigenvalue weighted by molar-refractivity contribution is 5.95. The number of benzene rings is 2. The Morgan fingerprint density at radius 3 is 2.40 bits per heavy atom. The minimum atomic E-state index is -0.438. The molecule has 1 amide bonds. The number of carbonyl (C=O) groups excluding carboxylic acids is 1. The van der Waals surface area contributed by atoms with Crippen LogP contribution in [0.5, 0.6) is 0 Å². The lowest BCUT2D eigenvalue weighted by Crippen LogP contribution is -2.30. The number of para-hydroxylation sites is 1. The summed E-state index contributed by atoms with van der Waals surface area (Å²) >= 11 is 0. The van der Waals surface area contributed by atoms with Gasteiger partial charge in [-0.1, -0.05) is 30.3 Å². The molecular weight excluding hydrogens is 323 g/mol. The molecule has 2 aromatic carbocycles. The molecule has 3 rings (SSSR count). The van der Waals surface area contributed by atoms with Crippen LogP contribution < -0.4 is 21.9 Å². The van der Waals surface area contributed by atoms with Crippen molar-refractivity contribution in [3.05, 3.63) is 72.3 Å². The van der Waals surface area contributed by atoms with E-state index in [4.69, 9.17) is 5.73 Å². The molecule has 126 valence electrons. The van der Waals surface area contributed by atoms with Crippen LogP contribution in [0.1, 0.15) is 10.4 Å². The van der Waals surface area contributed by atoms with Gasteiger partial charge in [0.1, 0.15) is 17.8 Å². The summed E-state index contributed by atoms with van der Waals surface area (Å²) in [6, 6.07) is 14.8. The Kier molecular flexibility index (Phi) is 4.70. The van der Waals surface area contributed by atoms with Gasteiger partial charge in [0, 0.05) is 5.56 Å². The van der Waals surface area contributed by atoms with Gasteiger partial charge in [-0.3, -0.25) is 15.6 Å². The van der Waals surface area contributed by atoms with E-state index in [1.807, 2.05) is 6.07 Å². The second-order valence-electron chi connectivity index (χ2n) is 5.03. The van der Waals surface area contributed by atoms with Gasteiger partial charge in [0.25, 0.3) is 5.91 Å². The molecule has 0 saturated heterocycles. The first-order valence-electron chi connectivity index (χ1n) is 7.38. The molecule has 0 spiro atoms. The predicted molar refractivity (Wildman–Crippen MR) is 93.7 cm³/mol. The zero-order valence-electron chi connectivity index (χ0n) is 13.0. The zero-order valence-corrected chi connectivity index (χ0v) is 13.0. The number of hydrogen-bond acceptors (Lipinski definition) is 6. The molecular formula is C17H15FN6O. The van der Waals surface area contributed by atoms with Crippen LogP contribution in [0.3, 0.4) is 0 Å². The van der Waals surface area contributed by atoms with Crippen LogP contribution in [0.15, 0.2) is 60.9 Å². The SMILES string of the molecule is Nc1c(NNC(=O)c2ccccc2)ncnc1Nc1ccccc1F. The van der Waals surface area contributed by atoms with Crippen molar-refractivity contribution in [2.24, 2.45) is 0 Å². The van der Waals surface area contributed by atoms with Gasteiger partial charge in [0.2, 0.25) is 0 Å². The molecule has 0 aliphatic carbocycles. The fourth-order valence-corrected chi connectivity index (χ4v) is 2.06. The molecule has 25 heavy (non-hydrogen) atoms. The van der Waals surface area contributed by atoms with Crippen molar-refractivity contribution in [1.29, 1.82) is 0 Å². The van der Waals surface area contributed by atoms with E-state index in [-0.39, 0.29) is 28.9 Å². The maximum absolute atomic E-state index is 13.7. The highest BCUT2D eigenvalue weighted by Gasteiger charge is 2.11. The summed E-state index contributed by atoms with van der Waals surface area (Å²) in [5.74, 6) is -0.371. The summed E-state index contributed by atoms with van der Waals surface area (Å²) in [5, 5.41) is 2.80. The summed E-state index contributed by atoms with van der Waals surface area (Å²) in [4.78, 5) is 20.0. The molecule has 0 aliphatic rings. The standard InChI is InChI=1S/C17H15FN6O/c18-12-8-4-5-9-13(12)22-15-14(19)16(21-10-20-15)23-24-17(25)11-6-2-1-3-7-11/h1-10H,19H2,(H,24,25)(H2,20,21,22,23). The van der Waals surface area contributed by atoms with Gasteiger partial charge in [-0.25, -0.2) is 14.4 Å². The smallest absolute Gasteiger partial charge is 0.269 e. The third-order valence-electron chi connectivity index (χ3n) is 3.34. The predicted octanol–water partition coefficient (Wildman–Crippen LogP) is 2.70. The minimum Gasteiger partial charge on any atom is -0.393 e. The lowest BCUT2D eigenvalue weighted by atomic mass is 10.2. The Morgan fingerprint density at radius 2 is 1.64 bits per heavy atom. The van der Waals surface area contributed by atoms with Crippen LogP contribution in [0.2, 0.25) is 0 Å². The number of nitrogens with zero attached hydrogens (tertiary/aromatic N) is 2. The fourth-order valence-electron chi connectivity index (χ4n) is 2.06. The summed E-state index contributed by atoms with van der Waals surface area (Å²) in [6.45, 7) is 0. The molecule has 0 fully saturated rings. The maximum atomic E-state index is 13.7. The molecule has 1 heterocycles. The molecule has 8 heteroatoms. The van der Waals surface area contributed by atoms with Crippen LogP contribution in [0.25, 0.3) is 0 Å². The highest BCUT2D eigenvalue weighted by atomic mass is 19.1. The normalized spacial score (nSPS) is 10.1. The number of nitrogens with one attached hydrogen (secondary N) is 3. The Bertz CT molecular complexity index is 887. The first kappa shape index (κ1) is 16.2. The largest absolute Gasteiger partial charge is 0.393 e. The van der Waals surface area contributed by atoms with Gasteiger partial charge in [0.05, 0.1) is 5.69 Å². The van der Waals surface area contributed by atoms with Crippen LogP contribution >= 0.6 is 0 Å². The van der Waals surface area contributed by atoms with Gasteiger partial charge in [-0.15, -0.1) is 0 Å². The molecule has 0 aliphatic heterocycles. The second-order valence-corrected chi connectivity index (χ2v) is 5.03. The Morgan fingerprint density at radius 1 is 0.960 bits per heavy atom. The molecule has 0 atom stereocenters. The number of carbonyl (C=O) groups is 1. The summed E-state index contributed by atoms with van der Waals surface area (Å²) in [7, 11) is 0. The van der Waals surface area contributed by atoms with Gasteiger partial charge < -0.3 is 11.1 Å². The number of anilines is 4. The monoisotopic (exact) mass is 338 g/mol. The molecule has 0 bridgehead atoms. The van der Waals surface area contributed by atoms with Crippen LogP contribution in [0, 0.1) is 5.82 Å². The number of nitrogens with two attached hydrogens (primary N) is 1. The van der Waals surface area contributed by atoms with E-state index < -0.39 is 5.82 Å². The maximum Gasteiger partial charge on any atom is 0.269 e. The minimum absolute atomic E-state index is 0.138. The van der Waals surface area contributed by atoms with Crippen molar-refractivity contribution < 1.29 is 9.18 Å². The van der Waals surface area contributed by atoms with E-state index in [1.165, 1.54) is 12.4 Å². The van der Waals surface area contributed by atoms with Crippen molar-refractivity contribution in [2.75, 3.05) is 16.5 Å². The highest BCUT2D eigenvalue weighted by Crippen LogP contribution is 2.26. The lowest BCUT2D eigenvalue weighted by molar-refractivity contribution is 0.0962. The van der Waals surface area contributed by atoms with Gasteiger partial charge >= 0.3 is 0 Å².